The highest BCUT2D eigenvalue weighted by atomic mass is 16.5. The molecule has 0 heterocycles. The van der Waals surface area contributed by atoms with Crippen LogP contribution in [-0.4, -0.2) is 31.4 Å². The molecule has 0 radical (unpaired) electrons. The lowest BCUT2D eigenvalue weighted by Crippen LogP contribution is -2.42. The molecule has 2 unspecified atom stereocenters. The van der Waals surface area contributed by atoms with Crippen LogP contribution in [0, 0.1) is 6.92 Å². The van der Waals surface area contributed by atoms with Crippen molar-refractivity contribution in [3.05, 3.63) is 29.8 Å². The summed E-state index contributed by atoms with van der Waals surface area (Å²) < 4.78 is 11.2. The molecule has 0 aliphatic heterocycles. The van der Waals surface area contributed by atoms with Crippen LogP contribution in [0.25, 0.3) is 0 Å². The van der Waals surface area contributed by atoms with Gasteiger partial charge in [-0.3, -0.25) is 0 Å². The van der Waals surface area contributed by atoms with Gasteiger partial charge in [0, 0.05) is 19.2 Å². The minimum atomic E-state index is -0.0933. The van der Waals surface area contributed by atoms with E-state index in [4.69, 9.17) is 9.47 Å². The van der Waals surface area contributed by atoms with Crippen molar-refractivity contribution in [1.29, 1.82) is 0 Å². The Morgan fingerprint density at radius 1 is 1.10 bits per heavy atom. The molecular weight excluding hydrogens is 250 g/mol. The Kier molecular flexibility index (Phi) is 6.50. The Hall–Kier alpha value is -1.06. The summed E-state index contributed by atoms with van der Waals surface area (Å²) in [7, 11) is 1.76. The molecule has 2 atom stereocenters. The maximum absolute atomic E-state index is 5.79. The van der Waals surface area contributed by atoms with Gasteiger partial charge in [0.2, 0.25) is 0 Å². The molecule has 0 saturated heterocycles. The van der Waals surface area contributed by atoms with Crippen molar-refractivity contribution >= 4 is 0 Å². The average molecular weight is 279 g/mol. The van der Waals surface area contributed by atoms with E-state index in [0.29, 0.717) is 18.7 Å². The van der Waals surface area contributed by atoms with E-state index in [0.717, 1.165) is 12.2 Å². The van der Waals surface area contributed by atoms with Crippen molar-refractivity contribution in [2.45, 2.75) is 58.7 Å². The minimum absolute atomic E-state index is 0.0933. The fourth-order valence-corrected chi connectivity index (χ4v) is 2.27. The number of hydrogen-bond acceptors (Lipinski definition) is 3. The van der Waals surface area contributed by atoms with Gasteiger partial charge in [-0.05, 0) is 53.2 Å². The molecule has 3 nitrogen and oxygen atoms in total. The molecule has 0 spiro atoms. The highest BCUT2D eigenvalue weighted by molar-refractivity contribution is 5.26. The molecule has 0 bridgehead atoms. The topological polar surface area (TPSA) is 30.5 Å². The van der Waals surface area contributed by atoms with Crippen LogP contribution in [0.1, 0.15) is 39.7 Å². The minimum Gasteiger partial charge on any atom is -0.492 e. The van der Waals surface area contributed by atoms with Crippen molar-refractivity contribution in [3.63, 3.8) is 0 Å². The maximum atomic E-state index is 5.79. The molecule has 1 aromatic rings. The average Bonchev–Trinajstić information content (AvgIpc) is 2.37. The standard InChI is InChI=1S/C17H29NO2/c1-13-7-9-16(10-8-13)20-12-15(3)18-14(2)11-17(4,5)19-6/h7-10,14-15,18H,11-12H2,1-6H3. The SMILES string of the molecule is COC(C)(C)CC(C)NC(C)COc1ccc(C)cc1. The monoisotopic (exact) mass is 279 g/mol. The zero-order valence-electron chi connectivity index (χ0n) is 13.7. The number of benzene rings is 1. The molecule has 0 aliphatic carbocycles. The number of rotatable bonds is 8. The number of methoxy groups -OCH3 is 1. The summed E-state index contributed by atoms with van der Waals surface area (Å²) in [5.41, 5.74) is 1.16. The third-order valence-electron chi connectivity index (χ3n) is 3.44. The third-order valence-corrected chi connectivity index (χ3v) is 3.44. The highest BCUT2D eigenvalue weighted by Gasteiger charge is 2.21. The van der Waals surface area contributed by atoms with Gasteiger partial charge in [0.05, 0.1) is 5.60 Å². The van der Waals surface area contributed by atoms with Crippen LogP contribution >= 0.6 is 0 Å². The molecule has 0 aliphatic rings. The van der Waals surface area contributed by atoms with Crippen molar-refractivity contribution in [3.8, 4) is 5.75 Å². The third kappa shape index (κ3) is 6.40. The first-order valence-corrected chi connectivity index (χ1v) is 7.33. The van der Waals surface area contributed by atoms with Gasteiger partial charge in [-0.2, -0.15) is 0 Å². The van der Waals surface area contributed by atoms with Gasteiger partial charge in [0.15, 0.2) is 0 Å². The fraction of sp³-hybridized carbons (Fsp3) is 0.647. The van der Waals surface area contributed by atoms with Gasteiger partial charge in [-0.15, -0.1) is 0 Å². The van der Waals surface area contributed by atoms with Crippen molar-refractivity contribution in [2.75, 3.05) is 13.7 Å². The van der Waals surface area contributed by atoms with E-state index < -0.39 is 0 Å². The van der Waals surface area contributed by atoms with Crippen LogP contribution < -0.4 is 10.1 Å². The molecular formula is C17H29NO2. The first-order valence-electron chi connectivity index (χ1n) is 7.33. The molecule has 1 rings (SSSR count). The van der Waals surface area contributed by atoms with Crippen LogP contribution in [0.2, 0.25) is 0 Å². The molecule has 1 aromatic carbocycles. The quantitative estimate of drug-likeness (QED) is 0.789. The summed E-state index contributed by atoms with van der Waals surface area (Å²) in [5.74, 6) is 0.925. The van der Waals surface area contributed by atoms with Crippen LogP contribution in [0.15, 0.2) is 24.3 Å². The summed E-state index contributed by atoms with van der Waals surface area (Å²) in [6.07, 6.45) is 0.971. The van der Waals surface area contributed by atoms with Gasteiger partial charge >= 0.3 is 0 Å². The second-order valence-electron chi connectivity index (χ2n) is 6.26. The second-order valence-corrected chi connectivity index (χ2v) is 6.26. The lowest BCUT2D eigenvalue weighted by Gasteiger charge is -2.29. The van der Waals surface area contributed by atoms with Gasteiger partial charge < -0.3 is 14.8 Å². The van der Waals surface area contributed by atoms with Crippen LogP contribution in [0.4, 0.5) is 0 Å². The molecule has 0 fully saturated rings. The normalized spacial score (nSPS) is 14.9. The van der Waals surface area contributed by atoms with E-state index in [1.54, 1.807) is 7.11 Å². The molecule has 20 heavy (non-hydrogen) atoms. The largest absolute Gasteiger partial charge is 0.492 e. The Labute approximate surface area is 123 Å². The van der Waals surface area contributed by atoms with E-state index in [-0.39, 0.29) is 5.60 Å². The first kappa shape index (κ1) is 17.0. The predicted octanol–water partition coefficient (Wildman–Crippen LogP) is 3.56. The highest BCUT2D eigenvalue weighted by Crippen LogP contribution is 2.16. The van der Waals surface area contributed by atoms with Gasteiger partial charge in [-0.25, -0.2) is 0 Å². The maximum Gasteiger partial charge on any atom is 0.119 e. The van der Waals surface area contributed by atoms with Gasteiger partial charge in [0.1, 0.15) is 12.4 Å². The Bertz CT molecular complexity index is 386. The Balaban J connectivity index is 2.32. The number of ether oxygens (including phenoxy) is 2. The first-order chi connectivity index (χ1) is 9.32. The number of aryl methyl sites for hydroxylation is 1. The predicted molar refractivity (Wildman–Crippen MR) is 84.4 cm³/mol. The van der Waals surface area contributed by atoms with Gasteiger partial charge in [0.25, 0.3) is 0 Å². The molecule has 3 heteroatoms. The summed E-state index contributed by atoms with van der Waals surface area (Å²) in [6, 6.07) is 8.86. The lowest BCUT2D eigenvalue weighted by atomic mass is 9.99. The van der Waals surface area contributed by atoms with E-state index >= 15 is 0 Å². The molecule has 0 saturated carbocycles. The number of hydrogen-bond donors (Lipinski definition) is 1. The van der Waals surface area contributed by atoms with Crippen LogP contribution in [-0.2, 0) is 4.74 Å². The van der Waals surface area contributed by atoms with Crippen molar-refractivity contribution in [2.24, 2.45) is 0 Å². The Morgan fingerprint density at radius 3 is 2.25 bits per heavy atom. The summed E-state index contributed by atoms with van der Waals surface area (Å²) in [5, 5.41) is 3.55. The zero-order chi connectivity index (χ0) is 15.2. The van der Waals surface area contributed by atoms with E-state index in [2.05, 4.69) is 52.1 Å². The van der Waals surface area contributed by atoms with Crippen molar-refractivity contribution < 1.29 is 9.47 Å². The number of nitrogens with one attached hydrogen (secondary N) is 1. The molecule has 0 amide bonds. The van der Waals surface area contributed by atoms with E-state index in [1.807, 2.05) is 12.1 Å². The van der Waals surface area contributed by atoms with E-state index in [9.17, 15) is 0 Å². The second kappa shape index (κ2) is 7.65. The lowest BCUT2D eigenvalue weighted by molar-refractivity contribution is 0.00739. The van der Waals surface area contributed by atoms with Crippen LogP contribution in [0.3, 0.4) is 0 Å². The molecule has 114 valence electrons. The van der Waals surface area contributed by atoms with Crippen molar-refractivity contribution in [1.82, 2.24) is 5.32 Å². The summed E-state index contributed by atoms with van der Waals surface area (Å²) in [4.78, 5) is 0. The smallest absolute Gasteiger partial charge is 0.119 e. The molecule has 1 N–H and O–H groups in total. The molecule has 0 aromatic heterocycles. The van der Waals surface area contributed by atoms with Gasteiger partial charge in [-0.1, -0.05) is 17.7 Å². The zero-order valence-corrected chi connectivity index (χ0v) is 13.7. The fourth-order valence-electron chi connectivity index (χ4n) is 2.27. The van der Waals surface area contributed by atoms with Crippen LogP contribution in [0.5, 0.6) is 5.75 Å². The Morgan fingerprint density at radius 2 is 1.70 bits per heavy atom. The summed E-state index contributed by atoms with van der Waals surface area (Å²) >= 11 is 0. The van der Waals surface area contributed by atoms with E-state index in [1.165, 1.54) is 5.56 Å². The summed E-state index contributed by atoms with van der Waals surface area (Å²) in [6.45, 7) is 11.3.